The normalized spacial score (nSPS) is 17.0. The van der Waals surface area contributed by atoms with Crippen molar-refractivity contribution in [3.63, 3.8) is 0 Å². The van der Waals surface area contributed by atoms with E-state index in [-0.39, 0.29) is 6.17 Å². The fourth-order valence-electron chi connectivity index (χ4n) is 2.61. The number of aliphatic imine (C=N–C) groups is 1. The van der Waals surface area contributed by atoms with Gasteiger partial charge in [-0.25, -0.2) is 9.98 Å². The van der Waals surface area contributed by atoms with Crippen LogP contribution in [0.5, 0.6) is 0 Å². The highest BCUT2D eigenvalue weighted by Crippen LogP contribution is 2.34. The average molecular weight is 332 g/mol. The molecule has 0 saturated carbocycles. The van der Waals surface area contributed by atoms with Crippen LogP contribution in [0.25, 0.3) is 11.0 Å². The molecule has 0 aliphatic carbocycles. The zero-order valence-electron chi connectivity index (χ0n) is 11.3. The highest BCUT2D eigenvalue weighted by atomic mass is 35.5. The minimum atomic E-state index is -0.335. The predicted octanol–water partition coefficient (Wildman–Crippen LogP) is 3.63. The first kappa shape index (κ1) is 13.4. The molecule has 110 valence electrons. The molecule has 0 spiro atoms. The second-order valence-corrected chi connectivity index (χ2v) is 5.80. The molecule has 4 rings (SSSR count). The Hall–Kier alpha value is -2.24. The molecule has 2 aromatic carbocycles. The number of imidazole rings is 1. The number of aromatic nitrogens is 2. The molecule has 1 aliphatic heterocycles. The number of hydrogen-bond donors (Lipinski definition) is 2. The zero-order valence-corrected chi connectivity index (χ0v) is 12.8. The van der Waals surface area contributed by atoms with Crippen LogP contribution in [0.1, 0.15) is 11.7 Å². The molecule has 1 atom stereocenters. The Morgan fingerprint density at radius 2 is 1.91 bits per heavy atom. The average Bonchev–Trinajstić information content (AvgIpc) is 2.87. The van der Waals surface area contributed by atoms with Gasteiger partial charge in [0.2, 0.25) is 5.95 Å². The molecule has 0 saturated heterocycles. The van der Waals surface area contributed by atoms with E-state index in [1.807, 2.05) is 34.9 Å². The largest absolute Gasteiger partial charge is 0.370 e. The van der Waals surface area contributed by atoms with Crippen LogP contribution >= 0.6 is 23.2 Å². The summed E-state index contributed by atoms with van der Waals surface area (Å²) in [7, 11) is 0. The van der Waals surface area contributed by atoms with E-state index < -0.39 is 0 Å². The Labute approximate surface area is 136 Å². The molecule has 1 aromatic heterocycles. The second-order valence-electron chi connectivity index (χ2n) is 4.98. The summed E-state index contributed by atoms with van der Waals surface area (Å²) in [5.41, 5.74) is 8.63. The van der Waals surface area contributed by atoms with Gasteiger partial charge < -0.3 is 5.73 Å². The van der Waals surface area contributed by atoms with Gasteiger partial charge in [-0.3, -0.25) is 9.88 Å². The van der Waals surface area contributed by atoms with E-state index in [0.29, 0.717) is 22.0 Å². The van der Waals surface area contributed by atoms with Crippen molar-refractivity contribution in [1.82, 2.24) is 9.55 Å². The van der Waals surface area contributed by atoms with Crippen LogP contribution in [0, 0.1) is 0 Å². The Morgan fingerprint density at radius 1 is 1.09 bits per heavy atom. The Bertz CT molecular complexity index is 915. The van der Waals surface area contributed by atoms with E-state index >= 15 is 0 Å². The topological polar surface area (TPSA) is 68.2 Å². The maximum Gasteiger partial charge on any atom is 0.212 e. The predicted molar refractivity (Wildman–Crippen MR) is 89.6 cm³/mol. The number of guanidine groups is 1. The summed E-state index contributed by atoms with van der Waals surface area (Å²) in [6, 6.07) is 13.3. The van der Waals surface area contributed by atoms with E-state index in [4.69, 9.17) is 28.9 Å². The minimum Gasteiger partial charge on any atom is -0.370 e. The zero-order chi connectivity index (χ0) is 15.3. The van der Waals surface area contributed by atoms with Gasteiger partial charge in [0, 0.05) is 0 Å². The second kappa shape index (κ2) is 4.90. The number of para-hydroxylation sites is 2. The lowest BCUT2D eigenvalue weighted by Crippen LogP contribution is -2.31. The number of rotatable bonds is 1. The summed E-state index contributed by atoms with van der Waals surface area (Å²) >= 11 is 12.1. The van der Waals surface area contributed by atoms with Crippen molar-refractivity contribution in [2.45, 2.75) is 6.17 Å². The summed E-state index contributed by atoms with van der Waals surface area (Å²) in [5, 5.41) is 3.99. The fourth-order valence-corrected chi connectivity index (χ4v) is 2.92. The maximum absolute atomic E-state index is 6.14. The van der Waals surface area contributed by atoms with Gasteiger partial charge in [0.15, 0.2) is 12.1 Å². The van der Waals surface area contributed by atoms with Crippen LogP contribution in [0.4, 0.5) is 5.95 Å². The molecule has 0 bridgehead atoms. The number of halogens is 2. The molecule has 5 nitrogen and oxygen atoms in total. The van der Waals surface area contributed by atoms with Crippen molar-refractivity contribution in [1.29, 1.82) is 0 Å². The van der Waals surface area contributed by atoms with E-state index in [0.717, 1.165) is 16.6 Å². The van der Waals surface area contributed by atoms with Gasteiger partial charge in [-0.05, 0) is 29.8 Å². The van der Waals surface area contributed by atoms with Gasteiger partial charge >= 0.3 is 0 Å². The minimum absolute atomic E-state index is 0.318. The molecule has 0 radical (unpaired) electrons. The Morgan fingerprint density at radius 3 is 2.73 bits per heavy atom. The lowest BCUT2D eigenvalue weighted by Gasteiger charge is -2.24. The van der Waals surface area contributed by atoms with Gasteiger partial charge in [0.05, 0.1) is 21.1 Å². The molecular weight excluding hydrogens is 321 g/mol. The fraction of sp³-hybridized carbons (Fsp3) is 0.0667. The quantitative estimate of drug-likeness (QED) is 0.715. The molecule has 0 unspecified atom stereocenters. The van der Waals surface area contributed by atoms with Crippen LogP contribution in [0.3, 0.4) is 0 Å². The van der Waals surface area contributed by atoms with Crippen LogP contribution in [0.2, 0.25) is 10.0 Å². The number of nitrogens with zero attached hydrogens (tertiary/aromatic N) is 3. The number of nitrogens with two attached hydrogens (primary N) is 1. The molecule has 0 amide bonds. The Kier molecular flexibility index (Phi) is 2.99. The smallest absolute Gasteiger partial charge is 0.212 e. The van der Waals surface area contributed by atoms with Gasteiger partial charge in [-0.1, -0.05) is 41.4 Å². The molecule has 2 heterocycles. The molecule has 1 aliphatic rings. The lowest BCUT2D eigenvalue weighted by molar-refractivity contribution is 0.626. The summed E-state index contributed by atoms with van der Waals surface area (Å²) in [6.45, 7) is 0. The van der Waals surface area contributed by atoms with Crippen molar-refractivity contribution in [2.24, 2.45) is 10.7 Å². The third-order valence-electron chi connectivity index (χ3n) is 3.58. The maximum atomic E-state index is 6.14. The van der Waals surface area contributed by atoms with Crippen LogP contribution in [-0.2, 0) is 0 Å². The third kappa shape index (κ3) is 2.01. The highest BCUT2D eigenvalue weighted by molar-refractivity contribution is 6.42. The standard InChI is InChI=1S/C15H11Cl2N5/c16-9-6-5-8(7-10(9)17)13-20-14(18)21-15-19-11-3-1-2-4-12(11)22(13)15/h1-7,13H,(H3,18,19,20,21)/t13-/m0/s1. The number of nitrogens with one attached hydrogen (secondary N) is 1. The molecule has 3 aromatic rings. The summed E-state index contributed by atoms with van der Waals surface area (Å²) in [6.07, 6.45) is -0.335. The molecule has 22 heavy (non-hydrogen) atoms. The van der Waals surface area contributed by atoms with Crippen LogP contribution in [0.15, 0.2) is 47.5 Å². The van der Waals surface area contributed by atoms with Gasteiger partial charge in [-0.2, -0.15) is 0 Å². The van der Waals surface area contributed by atoms with Crippen molar-refractivity contribution in [3.8, 4) is 0 Å². The van der Waals surface area contributed by atoms with Gasteiger partial charge in [0.25, 0.3) is 0 Å². The number of anilines is 1. The first-order valence-corrected chi connectivity index (χ1v) is 7.41. The lowest BCUT2D eigenvalue weighted by atomic mass is 10.1. The van der Waals surface area contributed by atoms with Crippen molar-refractivity contribution < 1.29 is 0 Å². The van der Waals surface area contributed by atoms with E-state index in [2.05, 4.69) is 15.3 Å². The van der Waals surface area contributed by atoms with Gasteiger partial charge in [-0.15, -0.1) is 0 Å². The molecule has 3 N–H and O–H groups in total. The first-order valence-electron chi connectivity index (χ1n) is 6.66. The van der Waals surface area contributed by atoms with E-state index in [9.17, 15) is 0 Å². The summed E-state index contributed by atoms with van der Waals surface area (Å²) < 4.78 is 1.99. The Balaban J connectivity index is 1.96. The number of benzene rings is 2. The molecular formula is C15H11Cl2N5. The van der Waals surface area contributed by atoms with Crippen molar-refractivity contribution in [2.75, 3.05) is 5.32 Å². The van der Waals surface area contributed by atoms with Crippen molar-refractivity contribution >= 4 is 46.1 Å². The van der Waals surface area contributed by atoms with E-state index in [1.165, 1.54) is 0 Å². The third-order valence-corrected chi connectivity index (χ3v) is 4.32. The van der Waals surface area contributed by atoms with Crippen molar-refractivity contribution in [3.05, 3.63) is 58.1 Å². The summed E-state index contributed by atoms with van der Waals surface area (Å²) in [4.78, 5) is 9.04. The number of fused-ring (bicyclic) bond motifs is 3. The van der Waals surface area contributed by atoms with Crippen LogP contribution in [-0.4, -0.2) is 15.5 Å². The summed E-state index contributed by atoms with van der Waals surface area (Å²) in [5.74, 6) is 0.976. The first-order chi connectivity index (χ1) is 10.6. The molecule has 0 fully saturated rings. The van der Waals surface area contributed by atoms with Crippen LogP contribution < -0.4 is 11.1 Å². The SMILES string of the molecule is NC1=N[C@H](c2ccc(Cl)c(Cl)c2)n2c(nc3ccccc32)N1. The number of hydrogen-bond acceptors (Lipinski definition) is 4. The van der Waals surface area contributed by atoms with E-state index in [1.54, 1.807) is 12.1 Å². The monoisotopic (exact) mass is 331 g/mol. The highest BCUT2D eigenvalue weighted by Gasteiger charge is 2.25. The molecule has 7 heteroatoms. The van der Waals surface area contributed by atoms with Gasteiger partial charge in [0.1, 0.15) is 0 Å².